The number of nitrogens with zero attached hydrogens (tertiary/aromatic N) is 1. The summed E-state index contributed by atoms with van der Waals surface area (Å²) < 4.78 is 5.57. The highest BCUT2D eigenvalue weighted by Gasteiger charge is 2.13. The van der Waals surface area contributed by atoms with Gasteiger partial charge in [-0.2, -0.15) is 0 Å². The molecule has 2 N–H and O–H groups in total. The number of rotatable bonds is 7. The molecule has 0 aliphatic rings. The predicted molar refractivity (Wildman–Crippen MR) is 121 cm³/mol. The Morgan fingerprint density at radius 1 is 1.20 bits per heavy atom. The van der Waals surface area contributed by atoms with E-state index in [1.54, 1.807) is 17.6 Å². The summed E-state index contributed by atoms with van der Waals surface area (Å²) >= 11 is 3.05. The van der Waals surface area contributed by atoms with E-state index >= 15 is 0 Å². The molecule has 0 atom stereocenters. The Kier molecular flexibility index (Phi) is 5.96. The standard InChI is InChI=1S/C22H21N3O3S2/c1-13-3-5-17-15(11-28-19(17)9-13)10-21(27)25-22-24-18(12-29-22)20-6-4-16(30-20)7-8-23-14(2)26/h3-6,9,11-12H,7-8,10H2,1-2H3,(H,23,26)(H,24,25,27). The van der Waals surface area contributed by atoms with Crippen molar-refractivity contribution in [2.75, 3.05) is 11.9 Å². The number of thiophene rings is 1. The van der Waals surface area contributed by atoms with Gasteiger partial charge in [-0.25, -0.2) is 4.98 Å². The summed E-state index contributed by atoms with van der Waals surface area (Å²) in [7, 11) is 0. The SMILES string of the molecule is CC(=O)NCCc1ccc(-c2csc(NC(=O)Cc3coc4cc(C)ccc34)n2)s1. The monoisotopic (exact) mass is 439 g/mol. The molecule has 0 fully saturated rings. The highest BCUT2D eigenvalue weighted by molar-refractivity contribution is 7.17. The quantitative estimate of drug-likeness (QED) is 0.434. The van der Waals surface area contributed by atoms with E-state index in [1.165, 1.54) is 23.1 Å². The molecule has 6 nitrogen and oxygen atoms in total. The number of hydrogen-bond acceptors (Lipinski definition) is 6. The molecule has 4 aromatic rings. The summed E-state index contributed by atoms with van der Waals surface area (Å²) in [5.41, 5.74) is 3.62. The maximum atomic E-state index is 12.5. The summed E-state index contributed by atoms with van der Waals surface area (Å²) in [6.07, 6.45) is 2.67. The van der Waals surface area contributed by atoms with Gasteiger partial charge >= 0.3 is 0 Å². The number of anilines is 1. The number of carbonyl (C=O) groups excluding carboxylic acids is 2. The Bertz CT molecular complexity index is 1210. The van der Waals surface area contributed by atoms with E-state index in [9.17, 15) is 9.59 Å². The van der Waals surface area contributed by atoms with E-state index in [0.717, 1.165) is 39.1 Å². The molecule has 0 aliphatic heterocycles. The fraction of sp³-hybridized carbons (Fsp3) is 0.227. The minimum Gasteiger partial charge on any atom is -0.464 e. The number of furan rings is 1. The first-order valence-electron chi connectivity index (χ1n) is 9.53. The lowest BCUT2D eigenvalue weighted by Crippen LogP contribution is -2.21. The Hall–Kier alpha value is -2.97. The zero-order valence-corrected chi connectivity index (χ0v) is 18.3. The van der Waals surface area contributed by atoms with E-state index in [0.29, 0.717) is 11.7 Å². The van der Waals surface area contributed by atoms with Crippen LogP contribution in [-0.4, -0.2) is 23.3 Å². The molecule has 0 aliphatic carbocycles. The predicted octanol–water partition coefficient (Wildman–Crippen LogP) is 4.79. The van der Waals surface area contributed by atoms with Crippen LogP contribution >= 0.6 is 22.7 Å². The Morgan fingerprint density at radius 3 is 2.90 bits per heavy atom. The lowest BCUT2D eigenvalue weighted by molar-refractivity contribution is -0.119. The summed E-state index contributed by atoms with van der Waals surface area (Å²) in [4.78, 5) is 30.2. The van der Waals surface area contributed by atoms with Gasteiger partial charge in [0.1, 0.15) is 5.58 Å². The zero-order chi connectivity index (χ0) is 21.1. The smallest absolute Gasteiger partial charge is 0.230 e. The molecule has 0 saturated carbocycles. The van der Waals surface area contributed by atoms with Crippen LogP contribution in [0.3, 0.4) is 0 Å². The Labute approximate surface area is 181 Å². The van der Waals surface area contributed by atoms with Gasteiger partial charge in [-0.05, 0) is 37.1 Å². The molecule has 30 heavy (non-hydrogen) atoms. The summed E-state index contributed by atoms with van der Waals surface area (Å²) in [5, 5.41) is 9.16. The molecule has 8 heteroatoms. The molecule has 0 spiro atoms. The van der Waals surface area contributed by atoms with Crippen LogP contribution in [0, 0.1) is 6.92 Å². The second-order valence-electron chi connectivity index (χ2n) is 7.02. The third-order valence-electron chi connectivity index (χ3n) is 4.57. The van der Waals surface area contributed by atoms with Crippen LogP contribution in [0.2, 0.25) is 0 Å². The number of aryl methyl sites for hydroxylation is 1. The topological polar surface area (TPSA) is 84.2 Å². The Morgan fingerprint density at radius 2 is 2.07 bits per heavy atom. The van der Waals surface area contributed by atoms with Gasteiger partial charge in [0.15, 0.2) is 5.13 Å². The highest BCUT2D eigenvalue weighted by Crippen LogP contribution is 2.31. The van der Waals surface area contributed by atoms with Crippen LogP contribution in [0.25, 0.3) is 21.5 Å². The van der Waals surface area contributed by atoms with Gasteiger partial charge in [0.05, 0.1) is 23.3 Å². The van der Waals surface area contributed by atoms with Gasteiger partial charge in [-0.3, -0.25) is 9.59 Å². The first kappa shape index (κ1) is 20.3. The minimum atomic E-state index is -0.124. The lowest BCUT2D eigenvalue weighted by atomic mass is 10.1. The van der Waals surface area contributed by atoms with E-state index < -0.39 is 0 Å². The average Bonchev–Trinajstić information content (AvgIpc) is 3.42. The van der Waals surface area contributed by atoms with Crippen LogP contribution in [0.1, 0.15) is 22.9 Å². The number of nitrogens with one attached hydrogen (secondary N) is 2. The van der Waals surface area contributed by atoms with E-state index in [-0.39, 0.29) is 18.2 Å². The van der Waals surface area contributed by atoms with Gasteiger partial charge < -0.3 is 15.1 Å². The average molecular weight is 440 g/mol. The first-order valence-corrected chi connectivity index (χ1v) is 11.2. The van der Waals surface area contributed by atoms with Crippen molar-refractivity contribution in [1.82, 2.24) is 10.3 Å². The number of carbonyl (C=O) groups is 2. The number of amides is 2. The molecule has 0 unspecified atom stereocenters. The maximum Gasteiger partial charge on any atom is 0.230 e. The van der Waals surface area contributed by atoms with Gasteiger partial charge in [-0.1, -0.05) is 12.1 Å². The first-order chi connectivity index (χ1) is 14.5. The van der Waals surface area contributed by atoms with Crippen molar-refractivity contribution in [3.8, 4) is 10.6 Å². The van der Waals surface area contributed by atoms with Crippen molar-refractivity contribution >= 4 is 50.6 Å². The van der Waals surface area contributed by atoms with Crippen LogP contribution in [0.15, 0.2) is 46.4 Å². The molecule has 154 valence electrons. The number of fused-ring (bicyclic) bond motifs is 1. The van der Waals surface area contributed by atoms with Crippen LogP contribution in [-0.2, 0) is 22.4 Å². The van der Waals surface area contributed by atoms with Crippen LogP contribution in [0.4, 0.5) is 5.13 Å². The van der Waals surface area contributed by atoms with Crippen LogP contribution in [0.5, 0.6) is 0 Å². The molecule has 0 saturated heterocycles. The Balaban J connectivity index is 1.37. The molecule has 4 rings (SSSR count). The third kappa shape index (κ3) is 4.77. The second kappa shape index (κ2) is 8.81. The summed E-state index contributed by atoms with van der Waals surface area (Å²) in [6, 6.07) is 10.0. The van der Waals surface area contributed by atoms with Gasteiger partial charge in [0.2, 0.25) is 11.8 Å². The van der Waals surface area contributed by atoms with Crippen molar-refractivity contribution in [3.05, 3.63) is 58.0 Å². The molecule has 2 amide bonds. The van der Waals surface area contributed by atoms with Crippen molar-refractivity contribution in [1.29, 1.82) is 0 Å². The maximum absolute atomic E-state index is 12.5. The molecule has 0 bridgehead atoms. The van der Waals surface area contributed by atoms with E-state index in [4.69, 9.17) is 4.42 Å². The third-order valence-corrected chi connectivity index (χ3v) is 6.50. The zero-order valence-electron chi connectivity index (χ0n) is 16.7. The van der Waals surface area contributed by atoms with Crippen molar-refractivity contribution in [2.24, 2.45) is 0 Å². The van der Waals surface area contributed by atoms with Crippen LogP contribution < -0.4 is 10.6 Å². The molecule has 0 radical (unpaired) electrons. The number of benzene rings is 1. The molecule has 1 aromatic carbocycles. The number of aromatic nitrogens is 1. The second-order valence-corrected chi connectivity index (χ2v) is 9.05. The minimum absolute atomic E-state index is 0.0230. The molecular weight excluding hydrogens is 418 g/mol. The molecule has 3 aromatic heterocycles. The fourth-order valence-corrected chi connectivity index (χ4v) is 4.89. The number of hydrogen-bond donors (Lipinski definition) is 2. The summed E-state index contributed by atoms with van der Waals surface area (Å²) in [6.45, 7) is 4.14. The highest BCUT2D eigenvalue weighted by atomic mass is 32.1. The largest absolute Gasteiger partial charge is 0.464 e. The van der Waals surface area contributed by atoms with E-state index in [1.807, 2.05) is 42.6 Å². The van der Waals surface area contributed by atoms with Gasteiger partial charge in [0, 0.05) is 34.7 Å². The van der Waals surface area contributed by atoms with E-state index in [2.05, 4.69) is 15.6 Å². The lowest BCUT2D eigenvalue weighted by Gasteiger charge is -2.00. The molecule has 3 heterocycles. The van der Waals surface area contributed by atoms with Gasteiger partial charge in [0.25, 0.3) is 0 Å². The van der Waals surface area contributed by atoms with Gasteiger partial charge in [-0.15, -0.1) is 22.7 Å². The van der Waals surface area contributed by atoms with Crippen molar-refractivity contribution in [3.63, 3.8) is 0 Å². The summed E-state index contributed by atoms with van der Waals surface area (Å²) in [5.74, 6) is -0.147. The van der Waals surface area contributed by atoms with Crippen molar-refractivity contribution in [2.45, 2.75) is 26.7 Å². The van der Waals surface area contributed by atoms with Crippen molar-refractivity contribution < 1.29 is 14.0 Å². The fourth-order valence-electron chi connectivity index (χ4n) is 3.12. The normalized spacial score (nSPS) is 11.0. The molecular formula is C22H21N3O3S2. The number of thiazole rings is 1.